The smallest absolute Gasteiger partial charge is 0.265 e. The standard InChI is InChI=1S/C19H21N3O3/c1-3-22(15-10-8-14(2)9-11-15)20-18(23)12-21-16-6-4-5-7-17(16)25-13-19(21)24/h4-11H,3,12-13H2,1-2H3,(H,20,23). The number of para-hydroxylation sites is 2. The molecule has 25 heavy (non-hydrogen) atoms. The molecule has 1 N–H and O–H groups in total. The Morgan fingerprint density at radius 2 is 1.92 bits per heavy atom. The van der Waals surface area contributed by atoms with E-state index in [2.05, 4.69) is 5.43 Å². The number of hydrogen-bond acceptors (Lipinski definition) is 4. The van der Waals surface area contributed by atoms with Gasteiger partial charge in [0.1, 0.15) is 12.3 Å². The summed E-state index contributed by atoms with van der Waals surface area (Å²) in [5, 5.41) is 1.76. The Balaban J connectivity index is 1.71. The number of ether oxygens (including phenoxy) is 1. The van der Waals surface area contributed by atoms with Crippen molar-refractivity contribution < 1.29 is 14.3 Å². The highest BCUT2D eigenvalue weighted by Crippen LogP contribution is 2.31. The summed E-state index contributed by atoms with van der Waals surface area (Å²) < 4.78 is 5.40. The maximum absolute atomic E-state index is 12.5. The largest absolute Gasteiger partial charge is 0.482 e. The molecule has 130 valence electrons. The number of carbonyl (C=O) groups excluding carboxylic acids is 2. The minimum absolute atomic E-state index is 0.0540. The molecule has 0 atom stereocenters. The quantitative estimate of drug-likeness (QED) is 0.849. The monoisotopic (exact) mass is 339 g/mol. The molecule has 0 spiro atoms. The molecule has 0 radical (unpaired) electrons. The van der Waals surface area contributed by atoms with Crippen LogP contribution in [0.2, 0.25) is 0 Å². The fraction of sp³-hybridized carbons (Fsp3) is 0.263. The lowest BCUT2D eigenvalue weighted by atomic mass is 10.2. The lowest BCUT2D eigenvalue weighted by Gasteiger charge is -2.30. The molecule has 1 heterocycles. The van der Waals surface area contributed by atoms with E-state index in [9.17, 15) is 9.59 Å². The number of carbonyl (C=O) groups is 2. The van der Waals surface area contributed by atoms with E-state index in [0.717, 1.165) is 11.3 Å². The van der Waals surface area contributed by atoms with Crippen molar-refractivity contribution in [2.45, 2.75) is 13.8 Å². The van der Waals surface area contributed by atoms with Crippen molar-refractivity contribution in [3.05, 3.63) is 54.1 Å². The van der Waals surface area contributed by atoms with E-state index in [0.29, 0.717) is 18.0 Å². The average molecular weight is 339 g/mol. The Morgan fingerprint density at radius 1 is 1.20 bits per heavy atom. The van der Waals surface area contributed by atoms with Gasteiger partial charge in [0.05, 0.1) is 11.4 Å². The van der Waals surface area contributed by atoms with Crippen LogP contribution in [-0.2, 0) is 9.59 Å². The zero-order valence-corrected chi connectivity index (χ0v) is 14.4. The summed E-state index contributed by atoms with van der Waals surface area (Å²) in [4.78, 5) is 26.1. The summed E-state index contributed by atoms with van der Waals surface area (Å²) in [6.07, 6.45) is 0. The Hall–Kier alpha value is -3.02. The highest BCUT2D eigenvalue weighted by atomic mass is 16.5. The molecule has 2 aromatic carbocycles. The molecule has 0 aromatic heterocycles. The van der Waals surface area contributed by atoms with Crippen LogP contribution in [0.3, 0.4) is 0 Å². The molecule has 1 aliphatic rings. The van der Waals surface area contributed by atoms with E-state index in [-0.39, 0.29) is 25.0 Å². The Bertz CT molecular complexity index is 774. The van der Waals surface area contributed by atoms with Crippen LogP contribution in [0.1, 0.15) is 12.5 Å². The van der Waals surface area contributed by atoms with E-state index < -0.39 is 0 Å². The van der Waals surface area contributed by atoms with Gasteiger partial charge in [0.2, 0.25) is 0 Å². The third-order valence-corrected chi connectivity index (χ3v) is 4.03. The summed E-state index contributed by atoms with van der Waals surface area (Å²) in [6, 6.07) is 15.1. The van der Waals surface area contributed by atoms with Crippen LogP contribution < -0.4 is 20.1 Å². The van der Waals surface area contributed by atoms with Gasteiger partial charge in [-0.05, 0) is 38.1 Å². The first-order chi connectivity index (χ1) is 12.1. The van der Waals surface area contributed by atoms with Gasteiger partial charge in [-0.2, -0.15) is 0 Å². The van der Waals surface area contributed by atoms with Gasteiger partial charge in [-0.3, -0.25) is 24.9 Å². The number of anilines is 2. The van der Waals surface area contributed by atoms with Gasteiger partial charge in [0.15, 0.2) is 6.61 Å². The molecule has 2 amide bonds. The lowest BCUT2D eigenvalue weighted by Crippen LogP contribution is -2.50. The number of hydrogen-bond donors (Lipinski definition) is 1. The summed E-state index contributed by atoms with van der Waals surface area (Å²) >= 11 is 0. The second kappa shape index (κ2) is 7.25. The third kappa shape index (κ3) is 3.74. The average Bonchev–Trinajstić information content (AvgIpc) is 2.63. The number of fused-ring (bicyclic) bond motifs is 1. The second-order valence-electron chi connectivity index (χ2n) is 5.85. The number of amides is 2. The number of hydrazine groups is 1. The first-order valence-corrected chi connectivity index (χ1v) is 8.24. The minimum Gasteiger partial charge on any atom is -0.482 e. The Morgan fingerprint density at radius 3 is 2.64 bits per heavy atom. The van der Waals surface area contributed by atoms with Crippen molar-refractivity contribution in [1.29, 1.82) is 0 Å². The first kappa shape index (κ1) is 16.8. The summed E-state index contributed by atoms with van der Waals surface area (Å²) in [7, 11) is 0. The van der Waals surface area contributed by atoms with E-state index >= 15 is 0 Å². The summed E-state index contributed by atoms with van der Waals surface area (Å²) in [6.45, 7) is 4.47. The first-order valence-electron chi connectivity index (χ1n) is 8.24. The molecular weight excluding hydrogens is 318 g/mol. The van der Waals surface area contributed by atoms with E-state index in [1.807, 2.05) is 50.2 Å². The predicted octanol–water partition coefficient (Wildman–Crippen LogP) is 2.28. The van der Waals surface area contributed by atoms with Gasteiger partial charge in [-0.1, -0.05) is 29.8 Å². The van der Waals surface area contributed by atoms with Crippen LogP contribution in [-0.4, -0.2) is 31.5 Å². The van der Waals surface area contributed by atoms with Crippen molar-refractivity contribution in [3.8, 4) is 5.75 Å². The zero-order valence-electron chi connectivity index (χ0n) is 14.4. The fourth-order valence-electron chi connectivity index (χ4n) is 2.71. The molecular formula is C19H21N3O3. The number of rotatable bonds is 5. The molecule has 0 aliphatic carbocycles. The highest BCUT2D eigenvalue weighted by Gasteiger charge is 2.27. The minimum atomic E-state index is -0.257. The molecule has 0 saturated carbocycles. The fourth-order valence-corrected chi connectivity index (χ4v) is 2.71. The molecule has 0 unspecified atom stereocenters. The van der Waals surface area contributed by atoms with Gasteiger partial charge in [0, 0.05) is 6.54 Å². The molecule has 6 nitrogen and oxygen atoms in total. The van der Waals surface area contributed by atoms with Gasteiger partial charge in [0.25, 0.3) is 11.8 Å². The van der Waals surface area contributed by atoms with Gasteiger partial charge >= 0.3 is 0 Å². The van der Waals surface area contributed by atoms with Gasteiger partial charge < -0.3 is 4.74 Å². The van der Waals surface area contributed by atoms with E-state index in [1.165, 1.54) is 4.90 Å². The number of nitrogens with zero attached hydrogens (tertiary/aromatic N) is 2. The van der Waals surface area contributed by atoms with Crippen LogP contribution in [0.15, 0.2) is 48.5 Å². The molecule has 0 fully saturated rings. The Kier molecular flexibility index (Phi) is 4.88. The Labute approximate surface area is 147 Å². The molecule has 1 aliphatic heterocycles. The molecule has 2 aromatic rings. The van der Waals surface area contributed by atoms with Crippen LogP contribution in [0, 0.1) is 6.92 Å². The number of nitrogens with one attached hydrogen (secondary N) is 1. The lowest BCUT2D eigenvalue weighted by molar-refractivity contribution is -0.125. The van der Waals surface area contributed by atoms with Crippen LogP contribution in [0.4, 0.5) is 11.4 Å². The van der Waals surface area contributed by atoms with Crippen molar-refractivity contribution in [1.82, 2.24) is 5.43 Å². The normalized spacial score (nSPS) is 13.0. The third-order valence-electron chi connectivity index (χ3n) is 4.03. The SMILES string of the molecule is CCN(NC(=O)CN1C(=O)COc2ccccc21)c1ccc(C)cc1. The van der Waals surface area contributed by atoms with Gasteiger partial charge in [-0.15, -0.1) is 0 Å². The van der Waals surface area contributed by atoms with Gasteiger partial charge in [-0.25, -0.2) is 0 Å². The van der Waals surface area contributed by atoms with Crippen LogP contribution in [0.5, 0.6) is 5.75 Å². The summed E-state index contributed by atoms with van der Waals surface area (Å²) in [5.74, 6) is 0.125. The second-order valence-corrected chi connectivity index (χ2v) is 5.85. The van der Waals surface area contributed by atoms with Crippen LogP contribution >= 0.6 is 0 Å². The van der Waals surface area contributed by atoms with Crippen molar-refractivity contribution in [2.24, 2.45) is 0 Å². The molecule has 6 heteroatoms. The highest BCUT2D eigenvalue weighted by molar-refractivity contribution is 6.02. The zero-order chi connectivity index (χ0) is 17.8. The summed E-state index contributed by atoms with van der Waals surface area (Å²) in [5.41, 5.74) is 5.53. The van der Waals surface area contributed by atoms with Crippen molar-refractivity contribution in [2.75, 3.05) is 29.6 Å². The van der Waals surface area contributed by atoms with Crippen molar-refractivity contribution in [3.63, 3.8) is 0 Å². The predicted molar refractivity (Wildman–Crippen MR) is 96.6 cm³/mol. The van der Waals surface area contributed by atoms with Crippen molar-refractivity contribution >= 4 is 23.2 Å². The molecule has 0 saturated heterocycles. The number of benzene rings is 2. The van der Waals surface area contributed by atoms with E-state index in [1.54, 1.807) is 17.1 Å². The maximum Gasteiger partial charge on any atom is 0.265 e. The molecule has 0 bridgehead atoms. The van der Waals surface area contributed by atoms with E-state index in [4.69, 9.17) is 4.74 Å². The topological polar surface area (TPSA) is 61.9 Å². The molecule has 3 rings (SSSR count). The van der Waals surface area contributed by atoms with Crippen LogP contribution in [0.25, 0.3) is 0 Å². The number of aryl methyl sites for hydroxylation is 1. The maximum atomic E-state index is 12.5.